The Morgan fingerprint density at radius 1 is 1.20 bits per heavy atom. The molecular weight excluding hydrogens is 186 g/mol. The second kappa shape index (κ2) is 4.84. The van der Waals surface area contributed by atoms with E-state index in [1.165, 1.54) is 38.5 Å². The maximum atomic E-state index is 5.86. The molecule has 88 valence electrons. The van der Waals surface area contributed by atoms with Crippen molar-refractivity contribution in [2.75, 3.05) is 13.2 Å². The van der Waals surface area contributed by atoms with Crippen LogP contribution in [0.2, 0.25) is 0 Å². The minimum Gasteiger partial charge on any atom is -0.373 e. The second-order valence-corrected chi connectivity index (χ2v) is 5.70. The van der Waals surface area contributed by atoms with Crippen LogP contribution in [-0.4, -0.2) is 24.8 Å². The van der Waals surface area contributed by atoms with Crippen LogP contribution in [0.5, 0.6) is 0 Å². The molecule has 1 atom stereocenters. The molecule has 0 bridgehead atoms. The van der Waals surface area contributed by atoms with Gasteiger partial charge in [0.2, 0.25) is 0 Å². The number of ether oxygens (including phenoxy) is 1. The van der Waals surface area contributed by atoms with Gasteiger partial charge in [-0.15, -0.1) is 0 Å². The average Bonchev–Trinajstić information content (AvgIpc) is 2.23. The standard InChI is InChI=1S/C13H25NO/c1-13(2)12(14-8-9-15-13)10-11-6-4-3-5-7-11/h11-12,14H,3-10H2,1-2H3/t12-/m0/s1. The zero-order valence-corrected chi connectivity index (χ0v) is 10.2. The molecular formula is C13H25NO. The minimum atomic E-state index is 0.0374. The fourth-order valence-corrected chi connectivity index (χ4v) is 3.02. The van der Waals surface area contributed by atoms with Crippen LogP contribution in [0.1, 0.15) is 52.4 Å². The van der Waals surface area contributed by atoms with Gasteiger partial charge in [0.15, 0.2) is 0 Å². The van der Waals surface area contributed by atoms with Crippen LogP contribution in [0.15, 0.2) is 0 Å². The van der Waals surface area contributed by atoms with Gasteiger partial charge in [-0.05, 0) is 26.2 Å². The zero-order valence-electron chi connectivity index (χ0n) is 10.2. The van der Waals surface area contributed by atoms with Gasteiger partial charge in [0.05, 0.1) is 12.2 Å². The van der Waals surface area contributed by atoms with Crippen LogP contribution in [0, 0.1) is 5.92 Å². The third-order valence-electron chi connectivity index (χ3n) is 4.10. The quantitative estimate of drug-likeness (QED) is 0.758. The number of hydrogen-bond acceptors (Lipinski definition) is 2. The first-order valence-electron chi connectivity index (χ1n) is 6.56. The lowest BCUT2D eigenvalue weighted by atomic mass is 9.81. The Bertz CT molecular complexity index is 197. The summed E-state index contributed by atoms with van der Waals surface area (Å²) in [6.07, 6.45) is 8.53. The fraction of sp³-hybridized carbons (Fsp3) is 1.00. The molecule has 1 N–H and O–H groups in total. The molecule has 15 heavy (non-hydrogen) atoms. The molecule has 2 fully saturated rings. The Hall–Kier alpha value is -0.0800. The summed E-state index contributed by atoms with van der Waals surface area (Å²) in [5.41, 5.74) is 0.0374. The van der Waals surface area contributed by atoms with E-state index in [9.17, 15) is 0 Å². The van der Waals surface area contributed by atoms with Gasteiger partial charge in [0, 0.05) is 12.6 Å². The van der Waals surface area contributed by atoms with Gasteiger partial charge in [-0.25, -0.2) is 0 Å². The first kappa shape index (κ1) is 11.4. The largest absolute Gasteiger partial charge is 0.373 e. The number of morpholine rings is 1. The summed E-state index contributed by atoms with van der Waals surface area (Å²) < 4.78 is 5.86. The molecule has 1 saturated carbocycles. The molecule has 0 aromatic rings. The van der Waals surface area contributed by atoms with Gasteiger partial charge in [-0.2, -0.15) is 0 Å². The molecule has 0 amide bonds. The van der Waals surface area contributed by atoms with Crippen molar-refractivity contribution in [3.05, 3.63) is 0 Å². The summed E-state index contributed by atoms with van der Waals surface area (Å²) in [5, 5.41) is 3.63. The van der Waals surface area contributed by atoms with Crippen molar-refractivity contribution in [2.24, 2.45) is 5.92 Å². The Morgan fingerprint density at radius 2 is 1.93 bits per heavy atom. The van der Waals surface area contributed by atoms with Crippen molar-refractivity contribution in [3.8, 4) is 0 Å². The SMILES string of the molecule is CC1(C)OCCN[C@H]1CC1CCCCC1. The molecule has 2 nitrogen and oxygen atoms in total. The summed E-state index contributed by atoms with van der Waals surface area (Å²) in [6.45, 7) is 6.36. The van der Waals surface area contributed by atoms with Crippen LogP contribution >= 0.6 is 0 Å². The van der Waals surface area contributed by atoms with Crippen LogP contribution in [0.3, 0.4) is 0 Å². The first-order valence-corrected chi connectivity index (χ1v) is 6.56. The fourth-order valence-electron chi connectivity index (χ4n) is 3.02. The third kappa shape index (κ3) is 2.94. The molecule has 0 radical (unpaired) electrons. The van der Waals surface area contributed by atoms with Crippen molar-refractivity contribution >= 4 is 0 Å². The highest BCUT2D eigenvalue weighted by atomic mass is 16.5. The Morgan fingerprint density at radius 3 is 2.60 bits per heavy atom. The van der Waals surface area contributed by atoms with Gasteiger partial charge in [-0.1, -0.05) is 32.1 Å². The van der Waals surface area contributed by atoms with E-state index in [1.54, 1.807) is 0 Å². The van der Waals surface area contributed by atoms with E-state index in [1.807, 2.05) is 0 Å². The molecule has 1 saturated heterocycles. The summed E-state index contributed by atoms with van der Waals surface area (Å²) in [6, 6.07) is 0.564. The first-order chi connectivity index (χ1) is 7.18. The van der Waals surface area contributed by atoms with Crippen molar-refractivity contribution in [1.82, 2.24) is 5.32 Å². The third-order valence-corrected chi connectivity index (χ3v) is 4.10. The molecule has 2 rings (SSSR count). The molecule has 0 spiro atoms. The van der Waals surface area contributed by atoms with Gasteiger partial charge in [0.1, 0.15) is 0 Å². The summed E-state index contributed by atoms with van der Waals surface area (Å²) in [4.78, 5) is 0. The topological polar surface area (TPSA) is 21.3 Å². The predicted octanol–water partition coefficient (Wildman–Crippen LogP) is 2.72. The monoisotopic (exact) mass is 211 g/mol. The lowest BCUT2D eigenvalue weighted by Crippen LogP contribution is -2.55. The molecule has 0 unspecified atom stereocenters. The van der Waals surface area contributed by atoms with Gasteiger partial charge < -0.3 is 10.1 Å². The lowest BCUT2D eigenvalue weighted by Gasteiger charge is -2.41. The normalized spacial score (nSPS) is 32.8. The minimum absolute atomic E-state index is 0.0374. The predicted molar refractivity (Wildman–Crippen MR) is 63.0 cm³/mol. The van der Waals surface area contributed by atoms with Crippen LogP contribution < -0.4 is 5.32 Å². The Balaban J connectivity index is 1.85. The number of hydrogen-bond donors (Lipinski definition) is 1. The molecule has 1 aliphatic heterocycles. The maximum absolute atomic E-state index is 5.86. The van der Waals surface area contributed by atoms with E-state index in [2.05, 4.69) is 19.2 Å². The molecule has 0 aromatic carbocycles. The zero-order chi connectivity index (χ0) is 10.7. The average molecular weight is 211 g/mol. The number of nitrogens with one attached hydrogen (secondary N) is 1. The van der Waals surface area contributed by atoms with E-state index >= 15 is 0 Å². The van der Waals surface area contributed by atoms with Crippen molar-refractivity contribution in [2.45, 2.75) is 64.0 Å². The summed E-state index contributed by atoms with van der Waals surface area (Å²) >= 11 is 0. The van der Waals surface area contributed by atoms with Crippen molar-refractivity contribution in [1.29, 1.82) is 0 Å². The lowest BCUT2D eigenvalue weighted by molar-refractivity contribution is -0.0771. The van der Waals surface area contributed by atoms with Crippen LogP contribution in [0.25, 0.3) is 0 Å². The smallest absolute Gasteiger partial charge is 0.0779 e. The van der Waals surface area contributed by atoms with Gasteiger partial charge in [0.25, 0.3) is 0 Å². The Labute approximate surface area is 93.8 Å². The van der Waals surface area contributed by atoms with Crippen molar-refractivity contribution in [3.63, 3.8) is 0 Å². The highest BCUT2D eigenvalue weighted by Crippen LogP contribution is 2.31. The highest BCUT2D eigenvalue weighted by molar-refractivity contribution is 4.90. The molecule has 0 aromatic heterocycles. The molecule has 2 heteroatoms. The van der Waals surface area contributed by atoms with E-state index < -0.39 is 0 Å². The van der Waals surface area contributed by atoms with Crippen molar-refractivity contribution < 1.29 is 4.74 Å². The van der Waals surface area contributed by atoms with Gasteiger partial charge >= 0.3 is 0 Å². The highest BCUT2D eigenvalue weighted by Gasteiger charge is 2.34. The van der Waals surface area contributed by atoms with Crippen LogP contribution in [0.4, 0.5) is 0 Å². The van der Waals surface area contributed by atoms with E-state index in [-0.39, 0.29) is 5.60 Å². The second-order valence-electron chi connectivity index (χ2n) is 5.70. The van der Waals surface area contributed by atoms with Gasteiger partial charge in [-0.3, -0.25) is 0 Å². The molecule has 2 aliphatic rings. The molecule has 1 heterocycles. The summed E-state index contributed by atoms with van der Waals surface area (Å²) in [5.74, 6) is 0.942. The van der Waals surface area contributed by atoms with Crippen LogP contribution in [-0.2, 0) is 4.74 Å². The number of rotatable bonds is 2. The molecule has 1 aliphatic carbocycles. The van der Waals surface area contributed by atoms with E-state index in [4.69, 9.17) is 4.74 Å². The summed E-state index contributed by atoms with van der Waals surface area (Å²) in [7, 11) is 0. The Kier molecular flexibility index (Phi) is 3.68. The van der Waals surface area contributed by atoms with E-state index in [0.717, 1.165) is 19.1 Å². The maximum Gasteiger partial charge on any atom is 0.0779 e. The van der Waals surface area contributed by atoms with E-state index in [0.29, 0.717) is 6.04 Å².